The van der Waals surface area contributed by atoms with E-state index in [-0.39, 0.29) is 6.61 Å². The topological polar surface area (TPSA) is 29.5 Å². The Bertz CT molecular complexity index is 97.4. The molecule has 10 heavy (non-hydrogen) atoms. The van der Waals surface area contributed by atoms with Crippen LogP contribution in [-0.4, -0.2) is 24.9 Å². The van der Waals surface area contributed by atoms with Crippen LogP contribution in [0.4, 0.5) is 0 Å². The normalized spacial score (nSPS) is 12.1. The molecule has 0 aromatic rings. The van der Waals surface area contributed by atoms with Crippen LogP contribution in [0.25, 0.3) is 0 Å². The van der Waals surface area contributed by atoms with Crippen molar-refractivity contribution in [3.8, 4) is 0 Å². The average molecular weight is 144 g/mol. The minimum atomic E-state index is 0.156. The summed E-state index contributed by atoms with van der Waals surface area (Å²) < 4.78 is 5.12. The average Bonchev–Trinajstić information content (AvgIpc) is 1.99. The summed E-state index contributed by atoms with van der Waals surface area (Å²) in [5.74, 6) is 0. The van der Waals surface area contributed by atoms with E-state index in [0.29, 0.717) is 0 Å². The van der Waals surface area contributed by atoms with Gasteiger partial charge in [-0.25, -0.2) is 0 Å². The zero-order chi connectivity index (χ0) is 7.82. The number of hydrogen-bond acceptors (Lipinski definition) is 2. The molecule has 0 aromatic carbocycles. The summed E-state index contributed by atoms with van der Waals surface area (Å²) in [6, 6.07) is 0. The van der Waals surface area contributed by atoms with E-state index in [1.807, 2.05) is 19.9 Å². The molecule has 0 aliphatic carbocycles. The predicted molar refractivity (Wildman–Crippen MR) is 42.0 cm³/mol. The summed E-state index contributed by atoms with van der Waals surface area (Å²) in [5, 5.41) is 8.70. The molecule has 2 nitrogen and oxygen atoms in total. The van der Waals surface area contributed by atoms with Crippen molar-refractivity contribution in [1.82, 2.24) is 0 Å². The summed E-state index contributed by atoms with van der Waals surface area (Å²) in [6.07, 6.45) is 2.78. The molecule has 0 saturated carbocycles. The smallest absolute Gasteiger partial charge is 0.0642 e. The van der Waals surface area contributed by atoms with Crippen LogP contribution < -0.4 is 0 Å². The van der Waals surface area contributed by atoms with Gasteiger partial charge in [0.2, 0.25) is 0 Å². The van der Waals surface area contributed by atoms with Crippen molar-refractivity contribution in [3.05, 3.63) is 11.6 Å². The van der Waals surface area contributed by atoms with E-state index in [1.165, 1.54) is 0 Å². The van der Waals surface area contributed by atoms with E-state index in [9.17, 15) is 0 Å². The highest BCUT2D eigenvalue weighted by Crippen LogP contribution is 1.98. The lowest BCUT2D eigenvalue weighted by molar-refractivity contribution is 0.148. The van der Waals surface area contributed by atoms with Crippen molar-refractivity contribution in [2.45, 2.75) is 20.3 Å². The zero-order valence-corrected chi connectivity index (χ0v) is 6.76. The Balaban J connectivity index is 3.27. The van der Waals surface area contributed by atoms with Gasteiger partial charge in [-0.05, 0) is 25.8 Å². The van der Waals surface area contributed by atoms with Gasteiger partial charge in [-0.3, -0.25) is 0 Å². The fraction of sp³-hybridized carbons (Fsp3) is 0.750. The fourth-order valence-corrected chi connectivity index (χ4v) is 0.662. The van der Waals surface area contributed by atoms with E-state index in [0.717, 1.165) is 25.2 Å². The van der Waals surface area contributed by atoms with Crippen LogP contribution in [0.1, 0.15) is 20.3 Å². The molecule has 0 saturated heterocycles. The number of rotatable bonds is 5. The van der Waals surface area contributed by atoms with Crippen molar-refractivity contribution >= 4 is 0 Å². The van der Waals surface area contributed by atoms with Crippen LogP contribution in [0.3, 0.4) is 0 Å². The lowest BCUT2D eigenvalue weighted by atomic mass is 10.2. The second kappa shape index (κ2) is 6.78. The molecular weight excluding hydrogens is 128 g/mol. The summed E-state index contributed by atoms with van der Waals surface area (Å²) >= 11 is 0. The Morgan fingerprint density at radius 1 is 1.60 bits per heavy atom. The second-order valence-electron chi connectivity index (χ2n) is 2.05. The van der Waals surface area contributed by atoms with E-state index in [1.54, 1.807) is 0 Å². The molecule has 0 bridgehead atoms. The van der Waals surface area contributed by atoms with Crippen molar-refractivity contribution in [2.75, 3.05) is 19.8 Å². The van der Waals surface area contributed by atoms with Crippen LogP contribution in [0.2, 0.25) is 0 Å². The largest absolute Gasteiger partial charge is 0.392 e. The molecule has 2 heteroatoms. The van der Waals surface area contributed by atoms with Gasteiger partial charge in [0.15, 0.2) is 0 Å². The first-order valence-corrected chi connectivity index (χ1v) is 3.67. The third-order valence-corrected chi connectivity index (χ3v) is 1.38. The molecule has 0 amide bonds. The first-order valence-electron chi connectivity index (χ1n) is 3.67. The van der Waals surface area contributed by atoms with Gasteiger partial charge < -0.3 is 9.84 Å². The Kier molecular flexibility index (Phi) is 6.55. The Hall–Kier alpha value is -0.340. The van der Waals surface area contributed by atoms with Crippen LogP contribution in [0.5, 0.6) is 0 Å². The molecule has 1 N–H and O–H groups in total. The predicted octanol–water partition coefficient (Wildman–Crippen LogP) is 1.35. The van der Waals surface area contributed by atoms with E-state index < -0.39 is 0 Å². The van der Waals surface area contributed by atoms with Crippen LogP contribution in [-0.2, 0) is 4.74 Å². The quantitative estimate of drug-likeness (QED) is 0.466. The number of allylic oxidation sites excluding steroid dienone is 1. The second-order valence-corrected chi connectivity index (χ2v) is 2.05. The first-order chi connectivity index (χ1) is 4.85. The van der Waals surface area contributed by atoms with Gasteiger partial charge in [0.05, 0.1) is 13.2 Å². The maximum atomic E-state index is 8.70. The maximum Gasteiger partial charge on any atom is 0.0642 e. The molecule has 0 atom stereocenters. The maximum absolute atomic E-state index is 8.70. The van der Waals surface area contributed by atoms with Crippen molar-refractivity contribution in [1.29, 1.82) is 0 Å². The van der Waals surface area contributed by atoms with Crippen molar-refractivity contribution < 1.29 is 9.84 Å². The van der Waals surface area contributed by atoms with Crippen molar-refractivity contribution in [2.24, 2.45) is 0 Å². The molecule has 0 radical (unpaired) electrons. The summed E-state index contributed by atoms with van der Waals surface area (Å²) in [6.45, 7) is 5.52. The van der Waals surface area contributed by atoms with Gasteiger partial charge in [-0.15, -0.1) is 0 Å². The van der Waals surface area contributed by atoms with E-state index in [2.05, 4.69) is 0 Å². The molecule has 0 fully saturated rings. The molecular formula is C8H16O2. The van der Waals surface area contributed by atoms with E-state index >= 15 is 0 Å². The fourth-order valence-electron chi connectivity index (χ4n) is 0.662. The van der Waals surface area contributed by atoms with Gasteiger partial charge in [0.1, 0.15) is 0 Å². The third-order valence-electron chi connectivity index (χ3n) is 1.38. The summed E-state index contributed by atoms with van der Waals surface area (Å²) in [5.41, 5.74) is 1.05. The Labute approximate surface area is 62.5 Å². The molecule has 0 aromatic heterocycles. The molecule has 0 rings (SSSR count). The van der Waals surface area contributed by atoms with E-state index in [4.69, 9.17) is 9.84 Å². The van der Waals surface area contributed by atoms with Gasteiger partial charge in [0, 0.05) is 6.61 Å². The highest BCUT2D eigenvalue weighted by atomic mass is 16.5. The van der Waals surface area contributed by atoms with Crippen LogP contribution in [0, 0.1) is 0 Å². The number of ether oxygens (including phenoxy) is 1. The van der Waals surface area contributed by atoms with Gasteiger partial charge in [-0.2, -0.15) is 0 Å². The number of aliphatic hydroxyl groups excluding tert-OH is 1. The molecule has 60 valence electrons. The lowest BCUT2D eigenvalue weighted by Gasteiger charge is -2.02. The van der Waals surface area contributed by atoms with Gasteiger partial charge in [-0.1, -0.05) is 6.08 Å². The Morgan fingerprint density at radius 3 is 2.70 bits per heavy atom. The lowest BCUT2D eigenvalue weighted by Crippen LogP contribution is -1.98. The van der Waals surface area contributed by atoms with Crippen LogP contribution >= 0.6 is 0 Å². The monoisotopic (exact) mass is 144 g/mol. The molecule has 0 spiro atoms. The molecule has 0 aliphatic heterocycles. The number of hydrogen-bond donors (Lipinski definition) is 1. The van der Waals surface area contributed by atoms with Gasteiger partial charge >= 0.3 is 0 Å². The third kappa shape index (κ3) is 4.53. The van der Waals surface area contributed by atoms with Crippen LogP contribution in [0.15, 0.2) is 11.6 Å². The van der Waals surface area contributed by atoms with Gasteiger partial charge in [0.25, 0.3) is 0 Å². The summed E-state index contributed by atoms with van der Waals surface area (Å²) in [7, 11) is 0. The SMILES string of the molecule is CC=C(CO)CCOCC. The Morgan fingerprint density at radius 2 is 2.30 bits per heavy atom. The molecule has 0 unspecified atom stereocenters. The standard InChI is InChI=1S/C8H16O2/c1-3-8(7-9)5-6-10-4-2/h3,9H,4-7H2,1-2H3. The molecule has 0 aliphatic rings. The highest BCUT2D eigenvalue weighted by Gasteiger charge is 1.92. The minimum Gasteiger partial charge on any atom is -0.392 e. The first kappa shape index (κ1) is 9.66. The number of aliphatic hydroxyl groups is 1. The summed E-state index contributed by atoms with van der Waals surface area (Å²) in [4.78, 5) is 0. The highest BCUT2D eigenvalue weighted by molar-refractivity contribution is 4.99. The zero-order valence-electron chi connectivity index (χ0n) is 6.76. The minimum absolute atomic E-state index is 0.156. The molecule has 0 heterocycles. The van der Waals surface area contributed by atoms with Crippen molar-refractivity contribution in [3.63, 3.8) is 0 Å².